The van der Waals surface area contributed by atoms with E-state index in [0.717, 1.165) is 25.1 Å². The second-order valence-electron chi connectivity index (χ2n) is 4.82. The van der Waals surface area contributed by atoms with Crippen LogP contribution in [-0.4, -0.2) is 30.2 Å². The molecule has 16 heavy (non-hydrogen) atoms. The van der Waals surface area contributed by atoms with Crippen LogP contribution in [-0.2, 0) is 10.2 Å². The highest BCUT2D eigenvalue weighted by molar-refractivity contribution is 5.26. The summed E-state index contributed by atoms with van der Waals surface area (Å²) < 4.78 is 4.96. The Bertz CT molecular complexity index is 303. The molecule has 1 aromatic heterocycles. The Kier molecular flexibility index (Phi) is 4.68. The summed E-state index contributed by atoms with van der Waals surface area (Å²) in [5, 5.41) is 3.16. The predicted molar refractivity (Wildman–Crippen MR) is 65.7 cm³/mol. The highest BCUT2D eigenvalue weighted by atomic mass is 16.5. The van der Waals surface area contributed by atoms with E-state index >= 15 is 0 Å². The van der Waals surface area contributed by atoms with Crippen molar-refractivity contribution in [1.82, 2.24) is 9.97 Å². The molecule has 90 valence electrons. The molecule has 1 rings (SSSR count). The lowest BCUT2D eigenvalue weighted by Crippen LogP contribution is -2.13. The minimum absolute atomic E-state index is 0.106. The van der Waals surface area contributed by atoms with Crippen LogP contribution < -0.4 is 5.32 Å². The molecule has 4 nitrogen and oxygen atoms in total. The summed E-state index contributed by atoms with van der Waals surface area (Å²) in [6, 6.07) is 0. The van der Waals surface area contributed by atoms with E-state index in [0.29, 0.717) is 5.95 Å². The average molecular weight is 223 g/mol. The lowest BCUT2D eigenvalue weighted by atomic mass is 9.89. The van der Waals surface area contributed by atoms with E-state index < -0.39 is 0 Å². The Balaban J connectivity index is 2.46. The van der Waals surface area contributed by atoms with Gasteiger partial charge in [0, 0.05) is 32.7 Å². The van der Waals surface area contributed by atoms with Crippen LogP contribution in [0.3, 0.4) is 0 Å². The van der Waals surface area contributed by atoms with Gasteiger partial charge in [-0.05, 0) is 17.4 Å². The largest absolute Gasteiger partial charge is 0.385 e. The maximum Gasteiger partial charge on any atom is 0.222 e. The van der Waals surface area contributed by atoms with Gasteiger partial charge >= 0.3 is 0 Å². The molecule has 1 aromatic rings. The number of nitrogens with one attached hydrogen (secondary N) is 1. The zero-order chi connectivity index (χ0) is 12.0. The maximum atomic E-state index is 4.96. The van der Waals surface area contributed by atoms with Crippen LogP contribution >= 0.6 is 0 Å². The van der Waals surface area contributed by atoms with Crippen LogP contribution in [0.1, 0.15) is 32.8 Å². The van der Waals surface area contributed by atoms with Crippen LogP contribution in [0.2, 0.25) is 0 Å². The summed E-state index contributed by atoms with van der Waals surface area (Å²) in [4.78, 5) is 8.56. The number of hydrogen-bond donors (Lipinski definition) is 1. The number of hydrogen-bond acceptors (Lipinski definition) is 4. The maximum absolute atomic E-state index is 4.96. The van der Waals surface area contributed by atoms with Gasteiger partial charge in [-0.25, -0.2) is 9.97 Å². The summed E-state index contributed by atoms with van der Waals surface area (Å²) in [6.07, 6.45) is 4.72. The second-order valence-corrected chi connectivity index (χ2v) is 4.82. The standard InChI is InChI=1S/C12H21N3O/c1-12(2,3)10-8-14-11(15-9-10)13-6-5-7-16-4/h8-9H,5-7H2,1-4H3,(H,13,14,15). The number of aromatic nitrogens is 2. The van der Waals surface area contributed by atoms with Crippen molar-refractivity contribution in [3.63, 3.8) is 0 Å². The van der Waals surface area contributed by atoms with Crippen LogP contribution in [0.5, 0.6) is 0 Å². The number of methoxy groups -OCH3 is 1. The monoisotopic (exact) mass is 223 g/mol. The molecule has 0 bridgehead atoms. The topological polar surface area (TPSA) is 47.0 Å². The molecule has 0 saturated heterocycles. The van der Waals surface area contributed by atoms with Crippen molar-refractivity contribution in [2.24, 2.45) is 0 Å². The molecule has 0 radical (unpaired) electrons. The van der Waals surface area contributed by atoms with Gasteiger partial charge in [-0.3, -0.25) is 0 Å². The highest BCUT2D eigenvalue weighted by Crippen LogP contribution is 2.20. The number of anilines is 1. The number of nitrogens with zero attached hydrogens (tertiary/aromatic N) is 2. The van der Waals surface area contributed by atoms with Gasteiger partial charge in [0.2, 0.25) is 5.95 Å². The molecule has 0 aliphatic rings. The van der Waals surface area contributed by atoms with Crippen LogP contribution in [0, 0.1) is 0 Å². The van der Waals surface area contributed by atoms with Crippen LogP contribution in [0.15, 0.2) is 12.4 Å². The first-order valence-electron chi connectivity index (χ1n) is 5.59. The lowest BCUT2D eigenvalue weighted by Gasteiger charge is -2.17. The minimum Gasteiger partial charge on any atom is -0.385 e. The summed E-state index contributed by atoms with van der Waals surface area (Å²) in [5.41, 5.74) is 1.25. The molecule has 0 amide bonds. The van der Waals surface area contributed by atoms with Crippen LogP contribution in [0.25, 0.3) is 0 Å². The van der Waals surface area contributed by atoms with E-state index in [9.17, 15) is 0 Å². The summed E-state index contributed by atoms with van der Waals surface area (Å²) in [7, 11) is 1.70. The fraction of sp³-hybridized carbons (Fsp3) is 0.667. The van der Waals surface area contributed by atoms with Gasteiger partial charge in [0.25, 0.3) is 0 Å². The van der Waals surface area contributed by atoms with Gasteiger partial charge in [0.1, 0.15) is 0 Å². The second kappa shape index (κ2) is 5.80. The van der Waals surface area contributed by atoms with E-state index in [1.807, 2.05) is 12.4 Å². The first-order valence-corrected chi connectivity index (χ1v) is 5.59. The van der Waals surface area contributed by atoms with Gasteiger partial charge in [0.05, 0.1) is 0 Å². The van der Waals surface area contributed by atoms with Gasteiger partial charge in [-0.2, -0.15) is 0 Å². The summed E-state index contributed by atoms with van der Waals surface area (Å²) in [5.74, 6) is 0.684. The van der Waals surface area contributed by atoms with Gasteiger partial charge < -0.3 is 10.1 Å². The third-order valence-electron chi connectivity index (χ3n) is 2.33. The van der Waals surface area contributed by atoms with E-state index in [4.69, 9.17) is 4.74 Å². The third-order valence-corrected chi connectivity index (χ3v) is 2.33. The smallest absolute Gasteiger partial charge is 0.222 e. The van der Waals surface area contributed by atoms with Crippen molar-refractivity contribution in [1.29, 1.82) is 0 Å². The quantitative estimate of drug-likeness (QED) is 0.778. The van der Waals surface area contributed by atoms with Gasteiger partial charge in [0.15, 0.2) is 0 Å². The van der Waals surface area contributed by atoms with E-state index in [1.165, 1.54) is 0 Å². The molecule has 1 heterocycles. The normalized spacial score (nSPS) is 11.5. The SMILES string of the molecule is COCCCNc1ncc(C(C)(C)C)cn1. The molecule has 0 aliphatic carbocycles. The molecule has 0 aliphatic heterocycles. The fourth-order valence-corrected chi connectivity index (χ4v) is 1.22. The van der Waals surface area contributed by atoms with Crippen molar-refractivity contribution >= 4 is 5.95 Å². The minimum atomic E-state index is 0.106. The molecule has 0 atom stereocenters. The molecule has 0 spiro atoms. The molecule has 0 unspecified atom stereocenters. The molecule has 4 heteroatoms. The molecule has 0 saturated carbocycles. The van der Waals surface area contributed by atoms with Crippen molar-refractivity contribution in [2.45, 2.75) is 32.6 Å². The fourth-order valence-electron chi connectivity index (χ4n) is 1.22. The van der Waals surface area contributed by atoms with Crippen molar-refractivity contribution in [3.8, 4) is 0 Å². The highest BCUT2D eigenvalue weighted by Gasteiger charge is 2.14. The molecule has 0 fully saturated rings. The molecular formula is C12H21N3O. The zero-order valence-corrected chi connectivity index (χ0v) is 10.6. The first kappa shape index (κ1) is 12.9. The van der Waals surface area contributed by atoms with E-state index in [1.54, 1.807) is 7.11 Å². The van der Waals surface area contributed by atoms with Gasteiger partial charge in [-0.1, -0.05) is 20.8 Å². The van der Waals surface area contributed by atoms with Gasteiger partial charge in [-0.15, -0.1) is 0 Å². The number of ether oxygens (including phenoxy) is 1. The molecule has 0 aromatic carbocycles. The Morgan fingerprint density at radius 3 is 2.38 bits per heavy atom. The average Bonchev–Trinajstić information content (AvgIpc) is 2.24. The number of rotatable bonds is 5. The Labute approximate surface area is 97.5 Å². The lowest BCUT2D eigenvalue weighted by molar-refractivity contribution is 0.197. The van der Waals surface area contributed by atoms with Crippen molar-refractivity contribution in [2.75, 3.05) is 25.6 Å². The Morgan fingerprint density at radius 1 is 1.25 bits per heavy atom. The summed E-state index contributed by atoms with van der Waals surface area (Å²) >= 11 is 0. The summed E-state index contributed by atoms with van der Waals surface area (Å²) in [6.45, 7) is 8.04. The zero-order valence-electron chi connectivity index (χ0n) is 10.6. The Morgan fingerprint density at radius 2 is 1.88 bits per heavy atom. The van der Waals surface area contributed by atoms with Crippen molar-refractivity contribution in [3.05, 3.63) is 18.0 Å². The van der Waals surface area contributed by atoms with Crippen molar-refractivity contribution < 1.29 is 4.74 Å². The first-order chi connectivity index (χ1) is 7.54. The third kappa shape index (κ3) is 4.14. The molecular weight excluding hydrogens is 202 g/mol. The van der Waals surface area contributed by atoms with E-state index in [-0.39, 0.29) is 5.41 Å². The Hall–Kier alpha value is -1.16. The molecule has 1 N–H and O–H groups in total. The van der Waals surface area contributed by atoms with Crippen LogP contribution in [0.4, 0.5) is 5.95 Å². The van der Waals surface area contributed by atoms with E-state index in [2.05, 4.69) is 36.1 Å². The predicted octanol–water partition coefficient (Wildman–Crippen LogP) is 2.22.